The molecule has 28 heavy (non-hydrogen) atoms. The average Bonchev–Trinajstić information content (AvgIpc) is 2.73. The van der Waals surface area contributed by atoms with Crippen LogP contribution in [0.5, 0.6) is 5.75 Å². The largest absolute Gasteiger partial charge is 0.489 e. The van der Waals surface area contributed by atoms with E-state index in [0.717, 1.165) is 10.8 Å². The molecule has 0 aromatic heterocycles. The van der Waals surface area contributed by atoms with Gasteiger partial charge < -0.3 is 10.1 Å². The number of amides is 2. The van der Waals surface area contributed by atoms with Crippen LogP contribution in [0.15, 0.2) is 84.5 Å². The molecule has 0 atom stereocenters. The molecule has 6 nitrogen and oxygen atoms in total. The molecule has 140 valence electrons. The average molecular weight is 373 g/mol. The van der Waals surface area contributed by atoms with Gasteiger partial charge in [-0.2, -0.15) is 5.10 Å². The molecule has 0 aliphatic carbocycles. The Bertz CT molecular complexity index is 1040. The maximum absolute atomic E-state index is 12.2. The Kier molecular flexibility index (Phi) is 6.15. The fourth-order valence-electron chi connectivity index (χ4n) is 2.59. The van der Waals surface area contributed by atoms with Crippen molar-refractivity contribution in [3.63, 3.8) is 0 Å². The highest BCUT2D eigenvalue weighted by Gasteiger charge is 2.14. The van der Waals surface area contributed by atoms with Crippen molar-refractivity contribution in [2.45, 2.75) is 0 Å². The second-order valence-electron chi connectivity index (χ2n) is 5.82. The summed E-state index contributed by atoms with van der Waals surface area (Å²) in [6.07, 6.45) is 3.05. The van der Waals surface area contributed by atoms with Crippen LogP contribution in [0.3, 0.4) is 0 Å². The number of nitrogens with one attached hydrogen (secondary N) is 2. The Morgan fingerprint density at radius 3 is 2.57 bits per heavy atom. The number of para-hydroxylation sites is 1. The van der Waals surface area contributed by atoms with Gasteiger partial charge in [0.05, 0.1) is 6.21 Å². The van der Waals surface area contributed by atoms with Gasteiger partial charge in [-0.3, -0.25) is 9.59 Å². The van der Waals surface area contributed by atoms with Crippen LogP contribution in [0.25, 0.3) is 10.8 Å². The molecule has 3 aromatic rings. The molecule has 0 radical (unpaired) electrons. The van der Waals surface area contributed by atoms with Crippen molar-refractivity contribution in [1.29, 1.82) is 0 Å². The minimum atomic E-state index is -0.867. The first-order valence-corrected chi connectivity index (χ1v) is 8.64. The third-order valence-corrected chi connectivity index (χ3v) is 3.89. The van der Waals surface area contributed by atoms with Crippen LogP contribution >= 0.6 is 0 Å². The fourth-order valence-corrected chi connectivity index (χ4v) is 2.59. The molecule has 0 aliphatic rings. The van der Waals surface area contributed by atoms with Gasteiger partial charge in [-0.15, -0.1) is 0 Å². The van der Waals surface area contributed by atoms with Crippen LogP contribution < -0.4 is 15.5 Å². The van der Waals surface area contributed by atoms with E-state index in [-0.39, 0.29) is 0 Å². The van der Waals surface area contributed by atoms with Crippen molar-refractivity contribution in [1.82, 2.24) is 5.43 Å². The predicted octanol–water partition coefficient (Wildman–Crippen LogP) is 3.49. The molecule has 6 heteroatoms. The summed E-state index contributed by atoms with van der Waals surface area (Å²) in [5.41, 5.74) is 3.45. The first kappa shape index (κ1) is 18.8. The van der Waals surface area contributed by atoms with E-state index in [9.17, 15) is 9.59 Å². The van der Waals surface area contributed by atoms with Gasteiger partial charge in [-0.05, 0) is 23.6 Å². The predicted molar refractivity (Wildman–Crippen MR) is 110 cm³/mol. The maximum atomic E-state index is 12.2. The van der Waals surface area contributed by atoms with Gasteiger partial charge in [-0.25, -0.2) is 5.43 Å². The zero-order valence-corrected chi connectivity index (χ0v) is 15.1. The van der Waals surface area contributed by atoms with Gasteiger partial charge in [0.2, 0.25) is 0 Å². The number of carbonyl (C=O) groups excluding carboxylic acids is 2. The van der Waals surface area contributed by atoms with Crippen molar-refractivity contribution < 1.29 is 14.3 Å². The summed E-state index contributed by atoms with van der Waals surface area (Å²) in [6.45, 7) is 3.96. The zero-order valence-electron chi connectivity index (χ0n) is 15.1. The standard InChI is InChI=1S/C22H19N3O3/c1-2-14-28-20-13-6-4-9-17(20)15-23-25-22(27)21(26)24-19-12-7-10-16-8-3-5-11-18(16)19/h2-13,15H,1,14H2,(H,24,26)(H,25,27)/b23-15+. The SMILES string of the molecule is C=CCOc1ccccc1/C=N/NC(=O)C(=O)Nc1cccc2ccccc12. The number of benzene rings is 3. The Morgan fingerprint density at radius 2 is 1.71 bits per heavy atom. The summed E-state index contributed by atoms with van der Waals surface area (Å²) in [5.74, 6) is -1.07. The van der Waals surface area contributed by atoms with E-state index in [1.165, 1.54) is 6.21 Å². The van der Waals surface area contributed by atoms with Crippen molar-refractivity contribution in [2.75, 3.05) is 11.9 Å². The van der Waals surface area contributed by atoms with E-state index in [1.807, 2.05) is 48.5 Å². The number of carbonyl (C=O) groups is 2. The lowest BCUT2D eigenvalue weighted by molar-refractivity contribution is -0.136. The maximum Gasteiger partial charge on any atom is 0.329 e. The highest BCUT2D eigenvalue weighted by atomic mass is 16.5. The second kappa shape index (κ2) is 9.14. The number of ether oxygens (including phenoxy) is 1. The second-order valence-corrected chi connectivity index (χ2v) is 5.82. The number of hydrogen-bond donors (Lipinski definition) is 2. The number of rotatable bonds is 6. The fraction of sp³-hybridized carbons (Fsp3) is 0.0455. The lowest BCUT2D eigenvalue weighted by Crippen LogP contribution is -2.32. The third kappa shape index (κ3) is 4.62. The molecule has 2 N–H and O–H groups in total. The minimum absolute atomic E-state index is 0.352. The van der Waals surface area contributed by atoms with E-state index in [1.54, 1.807) is 24.3 Å². The monoisotopic (exact) mass is 373 g/mol. The first-order chi connectivity index (χ1) is 13.7. The smallest absolute Gasteiger partial charge is 0.329 e. The first-order valence-electron chi connectivity index (χ1n) is 8.64. The van der Waals surface area contributed by atoms with Crippen LogP contribution in [0, 0.1) is 0 Å². The molecule has 0 aliphatic heterocycles. The third-order valence-electron chi connectivity index (χ3n) is 3.89. The molecule has 0 bridgehead atoms. The van der Waals surface area contributed by atoms with Crippen molar-refractivity contribution in [3.05, 3.63) is 84.9 Å². The summed E-state index contributed by atoms with van der Waals surface area (Å²) in [5, 5.41) is 8.27. The van der Waals surface area contributed by atoms with Gasteiger partial charge >= 0.3 is 11.8 Å². The molecule has 0 spiro atoms. The number of nitrogens with zero attached hydrogens (tertiary/aromatic N) is 1. The quantitative estimate of drug-likeness (QED) is 0.300. The van der Waals surface area contributed by atoms with E-state index >= 15 is 0 Å². The minimum Gasteiger partial charge on any atom is -0.489 e. The van der Waals surface area contributed by atoms with E-state index in [0.29, 0.717) is 23.6 Å². The van der Waals surface area contributed by atoms with Crippen molar-refractivity contribution in [2.24, 2.45) is 5.10 Å². The Balaban J connectivity index is 1.64. The van der Waals surface area contributed by atoms with E-state index in [2.05, 4.69) is 22.4 Å². The van der Waals surface area contributed by atoms with Crippen LogP contribution in [-0.2, 0) is 9.59 Å². The van der Waals surface area contributed by atoms with E-state index in [4.69, 9.17) is 4.74 Å². The summed E-state index contributed by atoms with van der Waals surface area (Å²) in [4.78, 5) is 24.2. The highest BCUT2D eigenvalue weighted by molar-refractivity contribution is 6.40. The van der Waals surface area contributed by atoms with Gasteiger partial charge in [0.15, 0.2) is 0 Å². The number of anilines is 1. The van der Waals surface area contributed by atoms with Gasteiger partial charge in [-0.1, -0.05) is 61.2 Å². The molecule has 3 aromatic carbocycles. The summed E-state index contributed by atoms with van der Waals surface area (Å²) in [6, 6.07) is 20.3. The van der Waals surface area contributed by atoms with Crippen LogP contribution in [0.1, 0.15) is 5.56 Å². The van der Waals surface area contributed by atoms with Crippen LogP contribution in [0.4, 0.5) is 5.69 Å². The van der Waals surface area contributed by atoms with Crippen LogP contribution in [0.2, 0.25) is 0 Å². The van der Waals surface area contributed by atoms with Gasteiger partial charge in [0, 0.05) is 16.6 Å². The molecular weight excluding hydrogens is 354 g/mol. The summed E-state index contributed by atoms with van der Waals surface area (Å²) in [7, 11) is 0. The molecule has 0 fully saturated rings. The Labute approximate surface area is 162 Å². The molecule has 0 saturated heterocycles. The number of fused-ring (bicyclic) bond motifs is 1. The molecular formula is C22H19N3O3. The van der Waals surface area contributed by atoms with E-state index < -0.39 is 11.8 Å². The lowest BCUT2D eigenvalue weighted by atomic mass is 10.1. The Morgan fingerprint density at radius 1 is 0.964 bits per heavy atom. The number of hydrogen-bond acceptors (Lipinski definition) is 4. The topological polar surface area (TPSA) is 79.8 Å². The Hall–Kier alpha value is -3.93. The normalized spacial score (nSPS) is 10.6. The molecule has 0 heterocycles. The molecule has 2 amide bonds. The zero-order chi connectivity index (χ0) is 19.8. The summed E-state index contributed by atoms with van der Waals surface area (Å²) < 4.78 is 5.51. The van der Waals surface area contributed by atoms with Gasteiger partial charge in [0.1, 0.15) is 12.4 Å². The number of hydrazone groups is 1. The van der Waals surface area contributed by atoms with Crippen molar-refractivity contribution in [3.8, 4) is 5.75 Å². The van der Waals surface area contributed by atoms with Crippen molar-refractivity contribution >= 4 is 34.5 Å². The van der Waals surface area contributed by atoms with Crippen LogP contribution in [-0.4, -0.2) is 24.6 Å². The molecule has 0 saturated carbocycles. The lowest BCUT2D eigenvalue weighted by Gasteiger charge is -2.08. The molecule has 0 unspecified atom stereocenters. The van der Waals surface area contributed by atoms with Gasteiger partial charge in [0.25, 0.3) is 0 Å². The highest BCUT2D eigenvalue weighted by Crippen LogP contribution is 2.22. The summed E-state index contributed by atoms with van der Waals surface area (Å²) >= 11 is 0. The molecule has 3 rings (SSSR count).